The smallest absolute Gasteiger partial charge is 0.0562 e. The van der Waals surface area contributed by atoms with E-state index >= 15 is 0 Å². The molecule has 186 valence electrons. The number of rotatable bonds is 1. The highest BCUT2D eigenvalue weighted by Gasteiger charge is 2.37. The van der Waals surface area contributed by atoms with Crippen LogP contribution < -0.4 is 0 Å². The molecule has 1 aliphatic rings. The molecule has 2 nitrogen and oxygen atoms in total. The molecule has 0 saturated heterocycles. The molecule has 2 heterocycles. The number of benzene rings is 5. The molecular formula is C36H32N2. The minimum Gasteiger partial charge on any atom is -0.354 e. The van der Waals surface area contributed by atoms with Gasteiger partial charge in [0.05, 0.1) is 16.6 Å². The zero-order valence-electron chi connectivity index (χ0n) is 22.5. The number of H-pyrrole nitrogens is 1. The van der Waals surface area contributed by atoms with Gasteiger partial charge >= 0.3 is 0 Å². The summed E-state index contributed by atoms with van der Waals surface area (Å²) >= 11 is 0. The summed E-state index contributed by atoms with van der Waals surface area (Å²) in [5.74, 6) is 0. The predicted octanol–water partition coefficient (Wildman–Crippen LogP) is 9.92. The third-order valence-corrected chi connectivity index (χ3v) is 9.37. The summed E-state index contributed by atoms with van der Waals surface area (Å²) in [5.41, 5.74) is 9.54. The summed E-state index contributed by atoms with van der Waals surface area (Å²) in [6.07, 6.45) is 2.43. The summed E-state index contributed by atoms with van der Waals surface area (Å²) < 4.78 is 2.48. The Morgan fingerprint density at radius 1 is 0.579 bits per heavy atom. The van der Waals surface area contributed by atoms with Crippen LogP contribution >= 0.6 is 0 Å². The summed E-state index contributed by atoms with van der Waals surface area (Å²) in [7, 11) is 0. The first-order chi connectivity index (χ1) is 18.3. The van der Waals surface area contributed by atoms with Crippen molar-refractivity contribution in [3.63, 3.8) is 0 Å². The molecule has 5 aromatic carbocycles. The highest BCUT2D eigenvalue weighted by Crippen LogP contribution is 2.49. The van der Waals surface area contributed by atoms with Crippen LogP contribution in [0, 0.1) is 0 Å². The van der Waals surface area contributed by atoms with Gasteiger partial charge in [-0.3, -0.25) is 0 Å². The van der Waals surface area contributed by atoms with E-state index < -0.39 is 0 Å². The molecule has 8 rings (SSSR count). The van der Waals surface area contributed by atoms with Crippen molar-refractivity contribution in [2.75, 3.05) is 0 Å². The van der Waals surface area contributed by atoms with Gasteiger partial charge in [0.2, 0.25) is 0 Å². The van der Waals surface area contributed by atoms with Crippen LogP contribution in [-0.4, -0.2) is 9.55 Å². The van der Waals surface area contributed by atoms with Crippen LogP contribution in [-0.2, 0) is 10.8 Å². The number of aromatic amines is 1. The number of fused-ring (bicyclic) bond motifs is 9. The fourth-order valence-electron chi connectivity index (χ4n) is 7.07. The highest BCUT2D eigenvalue weighted by atomic mass is 15.0. The number of hydrogen-bond donors (Lipinski definition) is 1. The van der Waals surface area contributed by atoms with E-state index in [9.17, 15) is 0 Å². The molecule has 0 aliphatic heterocycles. The molecule has 0 spiro atoms. The third-order valence-electron chi connectivity index (χ3n) is 9.37. The summed E-state index contributed by atoms with van der Waals surface area (Å²) in [6.45, 7) is 9.68. The highest BCUT2D eigenvalue weighted by molar-refractivity contribution is 6.22. The van der Waals surface area contributed by atoms with Gasteiger partial charge in [-0.25, -0.2) is 0 Å². The lowest BCUT2D eigenvalue weighted by molar-refractivity contribution is 0.332. The van der Waals surface area contributed by atoms with Gasteiger partial charge in [-0.2, -0.15) is 0 Å². The largest absolute Gasteiger partial charge is 0.354 e. The summed E-state index contributed by atoms with van der Waals surface area (Å²) in [5, 5.41) is 7.81. The Morgan fingerprint density at radius 3 is 2.03 bits per heavy atom. The molecule has 38 heavy (non-hydrogen) atoms. The maximum atomic E-state index is 3.80. The first-order valence-electron chi connectivity index (χ1n) is 13.8. The van der Waals surface area contributed by atoms with E-state index in [-0.39, 0.29) is 10.8 Å². The molecule has 7 aromatic rings. The lowest BCUT2D eigenvalue weighted by atomic mass is 9.63. The zero-order chi connectivity index (χ0) is 25.8. The second-order valence-corrected chi connectivity index (χ2v) is 12.6. The third kappa shape index (κ3) is 2.89. The van der Waals surface area contributed by atoms with E-state index in [1.54, 1.807) is 0 Å². The van der Waals surface area contributed by atoms with Gasteiger partial charge in [0.25, 0.3) is 0 Å². The van der Waals surface area contributed by atoms with E-state index in [1.807, 2.05) is 0 Å². The molecule has 0 amide bonds. The van der Waals surface area contributed by atoms with Crippen LogP contribution in [0.4, 0.5) is 0 Å². The fourth-order valence-corrected chi connectivity index (χ4v) is 7.07. The van der Waals surface area contributed by atoms with Crippen LogP contribution in [0.25, 0.3) is 60.1 Å². The van der Waals surface area contributed by atoms with Gasteiger partial charge in [-0.05, 0) is 76.6 Å². The Kier molecular flexibility index (Phi) is 4.22. The molecule has 2 aromatic heterocycles. The lowest BCUT2D eigenvalue weighted by Gasteiger charge is -2.42. The van der Waals surface area contributed by atoms with E-state index in [0.29, 0.717) is 0 Å². The minimum atomic E-state index is 0.167. The molecule has 2 heteroatoms. The van der Waals surface area contributed by atoms with Crippen LogP contribution in [0.2, 0.25) is 0 Å². The van der Waals surface area contributed by atoms with Crippen molar-refractivity contribution >= 4 is 54.4 Å². The summed E-state index contributed by atoms with van der Waals surface area (Å²) in [4.78, 5) is 3.80. The van der Waals surface area contributed by atoms with Gasteiger partial charge < -0.3 is 9.55 Å². The molecule has 0 bridgehead atoms. The molecule has 1 N–H and O–H groups in total. The van der Waals surface area contributed by atoms with Crippen molar-refractivity contribution in [2.45, 2.75) is 51.4 Å². The number of nitrogens with zero attached hydrogens (tertiary/aromatic N) is 1. The van der Waals surface area contributed by atoms with E-state index in [2.05, 4.69) is 128 Å². The topological polar surface area (TPSA) is 20.7 Å². The lowest BCUT2D eigenvalue weighted by Crippen LogP contribution is -2.33. The van der Waals surface area contributed by atoms with Crippen molar-refractivity contribution in [1.29, 1.82) is 0 Å². The molecule has 0 radical (unpaired) electrons. The average molecular weight is 493 g/mol. The van der Waals surface area contributed by atoms with Crippen LogP contribution in [0.5, 0.6) is 0 Å². The molecule has 0 saturated carbocycles. The Hall–Kier alpha value is -4.04. The van der Waals surface area contributed by atoms with Crippen molar-refractivity contribution in [3.8, 4) is 5.69 Å². The van der Waals surface area contributed by atoms with Gasteiger partial charge in [-0.1, -0.05) is 82.3 Å². The number of para-hydroxylation sites is 1. The van der Waals surface area contributed by atoms with Crippen LogP contribution in [0.3, 0.4) is 0 Å². The Labute approximate surface area is 222 Å². The number of aromatic nitrogens is 2. The first-order valence-corrected chi connectivity index (χ1v) is 13.8. The second kappa shape index (κ2) is 7.29. The standard InChI is InChI=1S/C36H32N2/c1-35(2)16-17-36(3,4)30-20-32-28(19-29(30)35)27-18-26-25-15-14-22-10-8-9-13-24(22)34(25)37-31(26)21-33(27)38(32)23-11-6-5-7-12-23/h5-15,18-21,37H,16-17H2,1-4H3. The Bertz CT molecular complexity index is 2070. The molecular weight excluding hydrogens is 460 g/mol. The molecule has 1 aliphatic carbocycles. The molecule has 0 atom stereocenters. The quantitative estimate of drug-likeness (QED) is 0.235. The molecule has 0 fully saturated rings. The van der Waals surface area contributed by atoms with Crippen molar-refractivity contribution < 1.29 is 0 Å². The van der Waals surface area contributed by atoms with Crippen LogP contribution in [0.15, 0.2) is 91.0 Å². The van der Waals surface area contributed by atoms with Gasteiger partial charge in [0, 0.05) is 38.1 Å². The monoisotopic (exact) mass is 492 g/mol. The Balaban J connectivity index is 1.55. The Morgan fingerprint density at radius 2 is 1.24 bits per heavy atom. The maximum absolute atomic E-state index is 3.80. The fraction of sp³-hybridized carbons (Fsp3) is 0.222. The molecule has 0 unspecified atom stereocenters. The van der Waals surface area contributed by atoms with Crippen LogP contribution in [0.1, 0.15) is 51.7 Å². The minimum absolute atomic E-state index is 0.167. The van der Waals surface area contributed by atoms with E-state index in [4.69, 9.17) is 0 Å². The average Bonchev–Trinajstić information content (AvgIpc) is 3.44. The zero-order valence-corrected chi connectivity index (χ0v) is 22.5. The van der Waals surface area contributed by atoms with Crippen molar-refractivity contribution in [3.05, 3.63) is 102 Å². The van der Waals surface area contributed by atoms with Gasteiger partial charge in [-0.15, -0.1) is 0 Å². The SMILES string of the molecule is CC1(C)CCC(C)(C)c2cc3c(cc21)c1cc2c(cc1n3-c1ccccc1)[nH]c1c3ccccc3ccc21. The van der Waals surface area contributed by atoms with Gasteiger partial charge in [0.1, 0.15) is 0 Å². The normalized spacial score (nSPS) is 16.6. The van der Waals surface area contributed by atoms with Gasteiger partial charge in [0.15, 0.2) is 0 Å². The second-order valence-electron chi connectivity index (χ2n) is 12.6. The van der Waals surface area contributed by atoms with Crippen molar-refractivity contribution in [2.24, 2.45) is 0 Å². The van der Waals surface area contributed by atoms with E-state index in [1.165, 1.54) is 84.0 Å². The first kappa shape index (κ1) is 22.0. The van der Waals surface area contributed by atoms with Crippen molar-refractivity contribution in [1.82, 2.24) is 9.55 Å². The van der Waals surface area contributed by atoms with E-state index in [0.717, 1.165) is 0 Å². The predicted molar refractivity (Wildman–Crippen MR) is 163 cm³/mol. The maximum Gasteiger partial charge on any atom is 0.0562 e. The number of nitrogens with one attached hydrogen (secondary N) is 1. The number of hydrogen-bond acceptors (Lipinski definition) is 0. The summed E-state index contributed by atoms with van der Waals surface area (Å²) in [6, 6.07) is 33.9.